The minimum Gasteiger partial charge on any atom is -0.480 e. The summed E-state index contributed by atoms with van der Waals surface area (Å²) >= 11 is 5.86. The molecule has 1 aromatic heterocycles. The summed E-state index contributed by atoms with van der Waals surface area (Å²) in [5.41, 5.74) is 1.58. The number of nitrogens with zero attached hydrogens (tertiary/aromatic N) is 1. The summed E-state index contributed by atoms with van der Waals surface area (Å²) in [6.45, 7) is 0.956. The van der Waals surface area contributed by atoms with Gasteiger partial charge < -0.3 is 15.2 Å². The molecule has 0 radical (unpaired) electrons. The number of benzene rings is 1. The second-order valence-electron chi connectivity index (χ2n) is 5.94. The highest BCUT2D eigenvalue weighted by molar-refractivity contribution is 6.30. The summed E-state index contributed by atoms with van der Waals surface area (Å²) in [6, 6.07) is 7.63. The molecule has 7 nitrogen and oxygen atoms in total. The largest absolute Gasteiger partial charge is 0.480 e. The summed E-state index contributed by atoms with van der Waals surface area (Å²) in [5, 5.41) is 19.3. The minimum atomic E-state index is -1.07. The van der Waals surface area contributed by atoms with Crippen molar-refractivity contribution in [3.63, 3.8) is 0 Å². The van der Waals surface area contributed by atoms with E-state index in [0.29, 0.717) is 30.4 Å². The standard InChI is InChI=1S/C17H18ClN3O4/c18-12-5-3-10(4-6-12)13-8-14(21-20-13)16(22)19-15(17(23)24)11-2-1-7-25-9-11/h3-6,8,11,15H,1-2,7,9H2,(H,19,22)(H,20,21)(H,23,24). The third kappa shape index (κ3) is 4.18. The Hall–Kier alpha value is -2.38. The summed E-state index contributed by atoms with van der Waals surface area (Å²) in [7, 11) is 0. The number of aromatic nitrogens is 2. The van der Waals surface area contributed by atoms with Gasteiger partial charge in [0.25, 0.3) is 5.91 Å². The fourth-order valence-corrected chi connectivity index (χ4v) is 2.96. The monoisotopic (exact) mass is 363 g/mol. The average Bonchev–Trinajstić information content (AvgIpc) is 3.11. The molecule has 3 rings (SSSR count). The van der Waals surface area contributed by atoms with Crippen LogP contribution in [0.15, 0.2) is 30.3 Å². The van der Waals surface area contributed by atoms with Crippen molar-refractivity contribution in [1.82, 2.24) is 15.5 Å². The van der Waals surface area contributed by atoms with E-state index < -0.39 is 17.9 Å². The molecule has 3 N–H and O–H groups in total. The Balaban J connectivity index is 1.71. The summed E-state index contributed by atoms with van der Waals surface area (Å²) in [4.78, 5) is 23.9. The van der Waals surface area contributed by atoms with Crippen LogP contribution in [0.5, 0.6) is 0 Å². The molecule has 1 aromatic carbocycles. The number of H-pyrrole nitrogens is 1. The number of carbonyl (C=O) groups is 2. The number of ether oxygens (including phenoxy) is 1. The quantitative estimate of drug-likeness (QED) is 0.756. The number of halogens is 1. The van der Waals surface area contributed by atoms with Gasteiger partial charge in [0.05, 0.1) is 12.3 Å². The van der Waals surface area contributed by atoms with Gasteiger partial charge in [-0.3, -0.25) is 9.89 Å². The van der Waals surface area contributed by atoms with Gasteiger partial charge in [-0.1, -0.05) is 23.7 Å². The Morgan fingerprint density at radius 2 is 2.12 bits per heavy atom. The second kappa shape index (κ2) is 7.67. The smallest absolute Gasteiger partial charge is 0.326 e. The molecule has 8 heteroatoms. The molecule has 1 aliphatic rings. The van der Waals surface area contributed by atoms with Crippen LogP contribution in [0.2, 0.25) is 5.02 Å². The molecule has 132 valence electrons. The molecule has 1 aliphatic heterocycles. The zero-order chi connectivity index (χ0) is 17.8. The Bertz CT molecular complexity index is 754. The number of carbonyl (C=O) groups excluding carboxylic acids is 1. The predicted octanol–water partition coefficient (Wildman–Crippen LogP) is 2.34. The maximum atomic E-state index is 12.4. The average molecular weight is 364 g/mol. The minimum absolute atomic E-state index is 0.202. The van der Waals surface area contributed by atoms with E-state index in [9.17, 15) is 14.7 Å². The normalized spacial score (nSPS) is 18.5. The van der Waals surface area contributed by atoms with Crippen molar-refractivity contribution in [2.75, 3.05) is 13.2 Å². The Kier molecular flexibility index (Phi) is 5.35. The van der Waals surface area contributed by atoms with E-state index in [4.69, 9.17) is 16.3 Å². The number of hydrogen-bond acceptors (Lipinski definition) is 4. The molecule has 25 heavy (non-hydrogen) atoms. The third-order valence-corrected chi connectivity index (χ3v) is 4.43. The second-order valence-corrected chi connectivity index (χ2v) is 6.38. The lowest BCUT2D eigenvalue weighted by Crippen LogP contribution is -2.48. The van der Waals surface area contributed by atoms with Crippen molar-refractivity contribution in [1.29, 1.82) is 0 Å². The van der Waals surface area contributed by atoms with Gasteiger partial charge in [-0.2, -0.15) is 5.10 Å². The lowest BCUT2D eigenvalue weighted by atomic mass is 9.93. The van der Waals surface area contributed by atoms with Crippen LogP contribution < -0.4 is 5.32 Å². The first-order valence-corrected chi connectivity index (χ1v) is 8.35. The lowest BCUT2D eigenvalue weighted by molar-refractivity contribution is -0.142. The number of amides is 1. The molecular weight excluding hydrogens is 346 g/mol. The first-order valence-electron chi connectivity index (χ1n) is 7.97. The van der Waals surface area contributed by atoms with Crippen molar-refractivity contribution in [2.24, 2.45) is 5.92 Å². The molecular formula is C17H18ClN3O4. The molecule has 1 amide bonds. The van der Waals surface area contributed by atoms with Crippen LogP contribution in [0.25, 0.3) is 11.3 Å². The van der Waals surface area contributed by atoms with E-state index in [1.54, 1.807) is 30.3 Å². The number of carboxylic acid groups (broad SMARTS) is 1. The molecule has 0 bridgehead atoms. The number of aliphatic carboxylic acids is 1. The van der Waals surface area contributed by atoms with E-state index >= 15 is 0 Å². The van der Waals surface area contributed by atoms with E-state index in [1.165, 1.54) is 0 Å². The topological polar surface area (TPSA) is 104 Å². The van der Waals surface area contributed by atoms with Crippen LogP contribution in [0.4, 0.5) is 0 Å². The fraction of sp³-hybridized carbons (Fsp3) is 0.353. The molecule has 0 saturated carbocycles. The Labute approximate surface area is 149 Å². The van der Waals surface area contributed by atoms with Crippen LogP contribution in [0, 0.1) is 5.92 Å². The van der Waals surface area contributed by atoms with Gasteiger partial charge in [0.1, 0.15) is 11.7 Å². The van der Waals surface area contributed by atoms with E-state index in [0.717, 1.165) is 12.0 Å². The SMILES string of the molecule is O=C(NC(C(=O)O)C1CCCOC1)c1cc(-c2ccc(Cl)cc2)n[nH]1. The Morgan fingerprint density at radius 1 is 1.36 bits per heavy atom. The van der Waals surface area contributed by atoms with Crippen molar-refractivity contribution < 1.29 is 19.4 Å². The Morgan fingerprint density at radius 3 is 2.76 bits per heavy atom. The summed E-state index contributed by atoms with van der Waals surface area (Å²) < 4.78 is 5.33. The zero-order valence-electron chi connectivity index (χ0n) is 13.4. The van der Waals surface area contributed by atoms with Crippen molar-refractivity contribution in [3.05, 3.63) is 41.0 Å². The van der Waals surface area contributed by atoms with E-state index in [2.05, 4.69) is 15.5 Å². The molecule has 2 heterocycles. The maximum absolute atomic E-state index is 12.4. The molecule has 2 aromatic rings. The highest BCUT2D eigenvalue weighted by Crippen LogP contribution is 2.21. The first-order chi connectivity index (χ1) is 12.0. The van der Waals surface area contributed by atoms with Crippen LogP contribution in [-0.2, 0) is 9.53 Å². The van der Waals surface area contributed by atoms with Gasteiger partial charge in [-0.15, -0.1) is 0 Å². The van der Waals surface area contributed by atoms with Gasteiger partial charge >= 0.3 is 5.97 Å². The van der Waals surface area contributed by atoms with Crippen LogP contribution in [0.1, 0.15) is 23.3 Å². The van der Waals surface area contributed by atoms with E-state index in [-0.39, 0.29) is 11.6 Å². The van der Waals surface area contributed by atoms with Gasteiger partial charge in [-0.25, -0.2) is 4.79 Å². The highest BCUT2D eigenvalue weighted by Gasteiger charge is 2.32. The molecule has 1 fully saturated rings. The van der Waals surface area contributed by atoms with E-state index in [1.807, 2.05) is 0 Å². The predicted molar refractivity (Wildman–Crippen MR) is 91.5 cm³/mol. The molecule has 0 spiro atoms. The highest BCUT2D eigenvalue weighted by atomic mass is 35.5. The number of carboxylic acids is 1. The number of nitrogens with one attached hydrogen (secondary N) is 2. The lowest BCUT2D eigenvalue weighted by Gasteiger charge is -2.27. The number of hydrogen-bond donors (Lipinski definition) is 3. The maximum Gasteiger partial charge on any atom is 0.326 e. The van der Waals surface area contributed by atoms with Crippen molar-refractivity contribution in [2.45, 2.75) is 18.9 Å². The van der Waals surface area contributed by atoms with Gasteiger partial charge in [0.2, 0.25) is 0 Å². The third-order valence-electron chi connectivity index (χ3n) is 4.18. The molecule has 2 unspecified atom stereocenters. The molecule has 1 saturated heterocycles. The summed E-state index contributed by atoms with van der Waals surface area (Å²) in [6.07, 6.45) is 1.49. The van der Waals surface area contributed by atoms with Crippen LogP contribution >= 0.6 is 11.6 Å². The zero-order valence-corrected chi connectivity index (χ0v) is 14.1. The number of aromatic amines is 1. The first kappa shape index (κ1) is 17.4. The van der Waals surface area contributed by atoms with Crippen molar-refractivity contribution in [3.8, 4) is 11.3 Å². The summed E-state index contributed by atoms with van der Waals surface area (Å²) in [5.74, 6) is -1.82. The van der Waals surface area contributed by atoms with Crippen LogP contribution in [0.3, 0.4) is 0 Å². The number of rotatable bonds is 5. The fourth-order valence-electron chi connectivity index (χ4n) is 2.84. The molecule has 2 atom stereocenters. The van der Waals surface area contributed by atoms with Crippen molar-refractivity contribution >= 4 is 23.5 Å². The van der Waals surface area contributed by atoms with Crippen LogP contribution in [-0.4, -0.2) is 46.4 Å². The van der Waals surface area contributed by atoms with Gasteiger partial charge in [-0.05, 0) is 31.0 Å². The molecule has 0 aliphatic carbocycles. The van der Waals surface area contributed by atoms with Gasteiger partial charge in [0.15, 0.2) is 0 Å². The van der Waals surface area contributed by atoms with Gasteiger partial charge in [0, 0.05) is 23.1 Å².